The third kappa shape index (κ3) is 7.73. The normalized spacial score (nSPS) is 11.8. The summed E-state index contributed by atoms with van der Waals surface area (Å²) < 4.78 is 2.16. The molecule has 0 aliphatic heterocycles. The van der Waals surface area contributed by atoms with Gasteiger partial charge in [0, 0.05) is 31.1 Å². The van der Waals surface area contributed by atoms with Crippen molar-refractivity contribution in [2.45, 2.75) is 38.4 Å². The zero-order valence-corrected chi connectivity index (χ0v) is 20.1. The molecule has 0 fully saturated rings. The highest BCUT2D eigenvalue weighted by Gasteiger charge is 2.16. The molecule has 5 nitrogen and oxygen atoms in total. The van der Waals surface area contributed by atoms with E-state index in [-0.39, 0.29) is 28.7 Å². The van der Waals surface area contributed by atoms with E-state index in [1.54, 1.807) is 0 Å². The summed E-state index contributed by atoms with van der Waals surface area (Å²) in [6, 6.07) is 10.2. The average Bonchev–Trinajstić information content (AvgIpc) is 3.02. The van der Waals surface area contributed by atoms with Crippen molar-refractivity contribution in [3.8, 4) is 5.69 Å². The number of nitrogens with zero attached hydrogens (tertiary/aromatic N) is 3. The Hall–Kier alpha value is -1.22. The zero-order valence-electron chi connectivity index (χ0n) is 17.0. The van der Waals surface area contributed by atoms with Crippen LogP contribution in [0.1, 0.15) is 31.5 Å². The van der Waals surface area contributed by atoms with Crippen LogP contribution in [0.15, 0.2) is 41.5 Å². The molecule has 0 atom stereocenters. The lowest BCUT2D eigenvalue weighted by Crippen LogP contribution is -2.43. The Bertz CT molecular complexity index is 712. The molecule has 0 saturated carbocycles. The van der Waals surface area contributed by atoms with Crippen molar-refractivity contribution < 1.29 is 0 Å². The Labute approximate surface area is 184 Å². The van der Waals surface area contributed by atoms with E-state index in [0.29, 0.717) is 0 Å². The Morgan fingerprint density at radius 2 is 1.93 bits per heavy atom. The maximum Gasteiger partial charge on any atom is 0.191 e. The minimum atomic E-state index is 0. The van der Waals surface area contributed by atoms with E-state index in [9.17, 15) is 0 Å². The van der Waals surface area contributed by atoms with Gasteiger partial charge in [-0.15, -0.1) is 24.0 Å². The summed E-state index contributed by atoms with van der Waals surface area (Å²) in [4.78, 5) is 4.30. The van der Waals surface area contributed by atoms with E-state index in [0.717, 1.165) is 43.3 Å². The summed E-state index contributed by atoms with van der Waals surface area (Å²) in [5, 5.41) is 11.4. The van der Waals surface area contributed by atoms with Gasteiger partial charge in [0.05, 0.1) is 11.4 Å². The minimum Gasteiger partial charge on any atom is -0.356 e. The number of guanidine groups is 1. The van der Waals surface area contributed by atoms with Crippen LogP contribution >= 0.6 is 35.7 Å². The smallest absolute Gasteiger partial charge is 0.191 e. The van der Waals surface area contributed by atoms with E-state index in [1.807, 2.05) is 41.7 Å². The van der Waals surface area contributed by atoms with Gasteiger partial charge in [-0.2, -0.15) is 16.9 Å². The first kappa shape index (κ1) is 23.8. The molecule has 7 heteroatoms. The fraction of sp³-hybridized carbons (Fsp3) is 0.500. The van der Waals surface area contributed by atoms with Crippen molar-refractivity contribution in [3.05, 3.63) is 47.8 Å². The number of aliphatic imine (C=N–C) groups is 1. The number of rotatable bonds is 8. The van der Waals surface area contributed by atoms with Gasteiger partial charge in [0.25, 0.3) is 0 Å². The maximum atomic E-state index is 4.63. The molecule has 0 aliphatic carbocycles. The third-order valence-electron chi connectivity index (χ3n) is 4.39. The van der Waals surface area contributed by atoms with Crippen LogP contribution in [0.2, 0.25) is 0 Å². The molecule has 0 spiro atoms. The van der Waals surface area contributed by atoms with Gasteiger partial charge in [0.15, 0.2) is 5.96 Å². The summed E-state index contributed by atoms with van der Waals surface area (Å²) in [5.41, 5.74) is 3.49. The summed E-state index contributed by atoms with van der Waals surface area (Å²) in [5.74, 6) is 0.865. The number of hydrogen-bond acceptors (Lipinski definition) is 3. The quantitative estimate of drug-likeness (QED) is 0.248. The van der Waals surface area contributed by atoms with Crippen LogP contribution in [0, 0.1) is 6.92 Å². The molecule has 0 unspecified atom stereocenters. The number of hydrogen-bond donors (Lipinski definition) is 2. The molecule has 2 aromatic rings. The second kappa shape index (κ2) is 11.6. The van der Waals surface area contributed by atoms with Crippen molar-refractivity contribution in [1.82, 2.24) is 20.4 Å². The lowest BCUT2D eigenvalue weighted by atomic mass is 10.1. The Balaban J connectivity index is 0.00000364. The number of nitrogens with one attached hydrogen (secondary N) is 2. The molecule has 2 N–H and O–H groups in total. The highest BCUT2D eigenvalue weighted by Crippen LogP contribution is 2.19. The molecule has 0 radical (unpaired) electrons. The number of benzene rings is 1. The minimum absolute atomic E-state index is 0. The average molecular weight is 501 g/mol. The number of aryl methyl sites for hydroxylation is 2. The monoisotopic (exact) mass is 501 g/mol. The molecular weight excluding hydrogens is 469 g/mol. The van der Waals surface area contributed by atoms with Crippen molar-refractivity contribution >= 4 is 41.7 Å². The maximum absolute atomic E-state index is 4.63. The van der Waals surface area contributed by atoms with Crippen molar-refractivity contribution in [1.29, 1.82) is 0 Å². The van der Waals surface area contributed by atoms with Gasteiger partial charge < -0.3 is 10.6 Å². The number of para-hydroxylation sites is 1. The second-order valence-corrected chi connectivity index (χ2v) is 8.45. The highest BCUT2D eigenvalue weighted by atomic mass is 127. The molecule has 1 aromatic heterocycles. The highest BCUT2D eigenvalue weighted by molar-refractivity contribution is 14.0. The summed E-state index contributed by atoms with van der Waals surface area (Å²) in [6.45, 7) is 8.30. The molecule has 0 aliphatic rings. The first-order chi connectivity index (χ1) is 12.4. The molecule has 0 amide bonds. The fourth-order valence-electron chi connectivity index (χ4n) is 2.53. The van der Waals surface area contributed by atoms with Gasteiger partial charge in [-0.3, -0.25) is 4.99 Å². The van der Waals surface area contributed by atoms with Crippen molar-refractivity contribution in [2.75, 3.05) is 26.4 Å². The summed E-state index contributed by atoms with van der Waals surface area (Å²) in [7, 11) is 1.81. The second-order valence-electron chi connectivity index (χ2n) is 6.94. The van der Waals surface area contributed by atoms with E-state index in [2.05, 4.69) is 66.1 Å². The molecule has 150 valence electrons. The molecule has 1 aromatic carbocycles. The van der Waals surface area contributed by atoms with Crippen LogP contribution in [-0.2, 0) is 6.42 Å². The number of halogens is 1. The molecule has 2 rings (SSSR count). The van der Waals surface area contributed by atoms with E-state index in [1.165, 1.54) is 5.56 Å². The van der Waals surface area contributed by atoms with Gasteiger partial charge in [0.1, 0.15) is 0 Å². The first-order valence-electron chi connectivity index (χ1n) is 9.05. The van der Waals surface area contributed by atoms with Crippen molar-refractivity contribution in [2.24, 2.45) is 4.99 Å². The predicted octanol–water partition coefficient (Wildman–Crippen LogP) is 4.04. The molecule has 0 bridgehead atoms. The van der Waals surface area contributed by atoms with Gasteiger partial charge in [0.2, 0.25) is 0 Å². The zero-order chi connectivity index (χ0) is 19.0. The van der Waals surface area contributed by atoms with Crippen LogP contribution in [0.4, 0.5) is 0 Å². The molecular formula is C20H32IN5S. The van der Waals surface area contributed by atoms with Gasteiger partial charge >= 0.3 is 0 Å². The van der Waals surface area contributed by atoms with E-state index < -0.39 is 0 Å². The topological polar surface area (TPSA) is 54.2 Å². The molecule has 0 saturated heterocycles. The largest absolute Gasteiger partial charge is 0.356 e. The van der Waals surface area contributed by atoms with Crippen LogP contribution in [0.5, 0.6) is 0 Å². The number of thioether (sulfide) groups is 1. The van der Waals surface area contributed by atoms with Crippen molar-refractivity contribution in [3.63, 3.8) is 0 Å². The standard InChI is InChI=1S/C20H31N5S.HI/c1-16-17(14-25(24-16)18-11-7-6-8-12-18)10-9-13-22-19(21-4)23-15-20(2,3)26-5;/h6-8,11-12,14H,9-10,13,15H2,1-5H3,(H2,21,22,23);1H. The van der Waals surface area contributed by atoms with Crippen LogP contribution in [0.3, 0.4) is 0 Å². The summed E-state index contributed by atoms with van der Waals surface area (Å²) >= 11 is 1.85. The molecule has 27 heavy (non-hydrogen) atoms. The summed E-state index contributed by atoms with van der Waals surface area (Å²) in [6.07, 6.45) is 6.31. The predicted molar refractivity (Wildman–Crippen MR) is 129 cm³/mol. The number of aromatic nitrogens is 2. The lowest BCUT2D eigenvalue weighted by Gasteiger charge is -2.23. The first-order valence-corrected chi connectivity index (χ1v) is 10.3. The van der Waals surface area contributed by atoms with E-state index in [4.69, 9.17) is 0 Å². The van der Waals surface area contributed by atoms with Crippen LogP contribution in [0.25, 0.3) is 5.69 Å². The Kier molecular flexibility index (Phi) is 10.2. The Morgan fingerprint density at radius 1 is 1.22 bits per heavy atom. The lowest BCUT2D eigenvalue weighted by molar-refractivity contribution is 0.659. The Morgan fingerprint density at radius 3 is 2.56 bits per heavy atom. The fourth-order valence-corrected chi connectivity index (χ4v) is 2.75. The van der Waals surface area contributed by atoms with E-state index >= 15 is 0 Å². The van der Waals surface area contributed by atoms with Gasteiger partial charge in [-0.1, -0.05) is 18.2 Å². The van der Waals surface area contributed by atoms with Crippen LogP contribution in [-0.4, -0.2) is 46.9 Å². The third-order valence-corrected chi connectivity index (χ3v) is 5.64. The van der Waals surface area contributed by atoms with Gasteiger partial charge in [-0.25, -0.2) is 4.68 Å². The SMILES string of the molecule is CN=C(NCCCc1cn(-c2ccccc2)nc1C)NCC(C)(C)SC.I. The van der Waals surface area contributed by atoms with Gasteiger partial charge in [-0.05, 0) is 57.6 Å². The molecule has 1 heterocycles. The van der Waals surface area contributed by atoms with Crippen LogP contribution < -0.4 is 10.6 Å².